The van der Waals surface area contributed by atoms with Gasteiger partial charge in [-0.1, -0.05) is 80.5 Å². The van der Waals surface area contributed by atoms with Crippen molar-refractivity contribution < 1.29 is 91.6 Å². The van der Waals surface area contributed by atoms with Crippen LogP contribution in [0.15, 0.2) is 54.6 Å². The number of anilines is 3. The van der Waals surface area contributed by atoms with Crippen molar-refractivity contribution >= 4 is 35.2 Å². The van der Waals surface area contributed by atoms with Crippen molar-refractivity contribution in [2.24, 2.45) is 16.2 Å². The van der Waals surface area contributed by atoms with Crippen molar-refractivity contribution in [2.75, 3.05) is 16.0 Å². The van der Waals surface area contributed by atoms with Gasteiger partial charge >= 0.3 is 19.5 Å². The molecule has 0 saturated carbocycles. The van der Waals surface area contributed by atoms with Crippen LogP contribution in [0.2, 0.25) is 0 Å². The fraction of sp³-hybridized carbons (Fsp3) is 0.459. The van der Waals surface area contributed by atoms with Gasteiger partial charge in [-0.25, -0.2) is 52.2 Å². The molecule has 23 heteroatoms. The van der Waals surface area contributed by atoms with Crippen LogP contribution in [0, 0.1) is 59.4 Å². The van der Waals surface area contributed by atoms with E-state index in [9.17, 15) is 14.4 Å². The van der Waals surface area contributed by atoms with Crippen LogP contribution < -0.4 is 53.2 Å². The summed E-state index contributed by atoms with van der Waals surface area (Å²) in [7, 11) is -9.89. The molecule has 0 aliphatic carbocycles. The average Bonchev–Trinajstić information content (AvgIpc) is 3.03. The fourth-order valence-corrected chi connectivity index (χ4v) is 3.68. The van der Waals surface area contributed by atoms with Crippen LogP contribution in [0.1, 0.15) is 93.2 Å². The van der Waals surface area contributed by atoms with Gasteiger partial charge in [0.2, 0.25) is 17.7 Å². The van der Waals surface area contributed by atoms with Gasteiger partial charge in [-0.15, -0.1) is 20.5 Å². The molecule has 0 spiro atoms. The Kier molecular flexibility index (Phi) is 27.5. The van der Waals surface area contributed by atoms with Crippen LogP contribution in [0.25, 0.3) is 0 Å². The van der Waals surface area contributed by atoms with E-state index in [1.807, 2.05) is 98.7 Å². The minimum absolute atomic E-state index is 0. The topological polar surface area (TPSA) is 361 Å². The Balaban J connectivity index is -0.00000163. The van der Waals surface area contributed by atoms with Crippen LogP contribution in [-0.2, 0) is 53.5 Å². The Morgan fingerprint density at radius 3 is 0.883 bits per heavy atom. The summed E-state index contributed by atoms with van der Waals surface area (Å²) < 4.78 is 67.9. The molecule has 0 saturated heterocycles. The Morgan fingerprint density at radius 2 is 0.717 bits per heavy atom. The van der Waals surface area contributed by atoms with Crippen LogP contribution in [0.3, 0.4) is 0 Å². The number of hydrogen-bond donors (Lipinski definition) is 3. The number of nitriles is 2. The van der Waals surface area contributed by atoms with Gasteiger partial charge in [0.1, 0.15) is 17.5 Å². The Labute approximate surface area is 367 Å². The molecule has 3 rings (SSSR count). The van der Waals surface area contributed by atoms with E-state index in [1.54, 1.807) is 30.3 Å². The first-order valence-corrected chi connectivity index (χ1v) is 19.6. The summed E-state index contributed by atoms with van der Waals surface area (Å²) >= 11 is 0. The zero-order chi connectivity index (χ0) is 46.4. The maximum atomic E-state index is 12.6. The molecule has 326 valence electrons. The van der Waals surface area contributed by atoms with E-state index in [0.717, 1.165) is 17.1 Å². The molecule has 0 fully saturated rings. The van der Waals surface area contributed by atoms with E-state index in [0.29, 0.717) is 37.1 Å². The van der Waals surface area contributed by atoms with E-state index < -0.39 is 36.7 Å². The monoisotopic (exact) mass is 931 g/mol. The molecular formula is C37H51Cl2N9O11Zn. The van der Waals surface area contributed by atoms with Gasteiger partial charge in [0, 0.05) is 49.7 Å². The van der Waals surface area contributed by atoms with E-state index in [4.69, 9.17) is 47.8 Å². The van der Waals surface area contributed by atoms with Gasteiger partial charge in [-0.3, -0.25) is 19.3 Å². The van der Waals surface area contributed by atoms with Gasteiger partial charge in [0.05, 0.1) is 29.2 Å². The summed E-state index contributed by atoms with van der Waals surface area (Å²) in [4.78, 5) is 53.8. The van der Waals surface area contributed by atoms with Gasteiger partial charge in [-0.2, -0.15) is 10.5 Å². The molecule has 3 aromatic heterocycles. The number of carbonyl (C=O) groups excluding carboxylic acids is 3. The molecule has 0 unspecified atom stereocenters. The maximum Gasteiger partial charge on any atom is 2.00 e. The molecule has 0 bridgehead atoms. The maximum absolute atomic E-state index is 12.6. The summed E-state index contributed by atoms with van der Waals surface area (Å²) in [6, 6.07) is 20.1. The normalized spacial score (nSPS) is 11.0. The molecule has 3 N–H and O–H groups in total. The smallest absolute Gasteiger partial charge is 0.310 e. The zero-order valence-electron chi connectivity index (χ0n) is 35.5. The third kappa shape index (κ3) is 32.5. The van der Waals surface area contributed by atoms with Crippen molar-refractivity contribution in [2.45, 2.75) is 95.8 Å². The second kappa shape index (κ2) is 27.5. The molecule has 0 aromatic carbocycles. The van der Waals surface area contributed by atoms with Gasteiger partial charge in [0.25, 0.3) is 0 Å². The summed E-state index contributed by atoms with van der Waals surface area (Å²) in [5.74, 6) is 1.08. The number of hydrogen-bond acceptors (Lipinski definition) is 17. The van der Waals surface area contributed by atoms with Crippen LogP contribution in [0.5, 0.6) is 0 Å². The van der Waals surface area contributed by atoms with Gasteiger partial charge in [0.15, 0.2) is 0 Å². The van der Waals surface area contributed by atoms with Crippen LogP contribution in [-0.4, -0.2) is 37.6 Å². The number of nitrogens with zero attached hydrogens (tertiary/aromatic N) is 6. The van der Waals surface area contributed by atoms with Crippen LogP contribution in [0.4, 0.5) is 17.5 Å². The van der Waals surface area contributed by atoms with E-state index in [1.165, 1.54) is 13.8 Å². The second-order valence-electron chi connectivity index (χ2n) is 15.0. The number of aromatic nitrogens is 3. The Morgan fingerprint density at radius 1 is 0.533 bits per heavy atom. The fourth-order valence-electron chi connectivity index (χ4n) is 3.68. The number of carbonyl (C=O) groups is 3. The van der Waals surface area contributed by atoms with E-state index in [2.05, 4.69) is 35.8 Å². The predicted molar refractivity (Wildman–Crippen MR) is 192 cm³/mol. The Hall–Kier alpha value is -4.32. The number of rotatable bonds is 9. The number of nitrogens with one attached hydrogen (secondary N) is 3. The zero-order valence-corrected chi connectivity index (χ0v) is 39.9. The van der Waals surface area contributed by atoms with Gasteiger partial charge < -0.3 is 16.0 Å². The standard InChI is InChI=1S/C33H45N7O3.2C2H3N.2ClHO4.Zn/c1-31(2,3)28(41)37-25-16-10-13-22(34-25)19-40(20-23-14-11-17-26(35-23)38-29(42)32(4,5)6)21-24-15-12-18-27(36-24)39-30(43)33(7,8)9;2*1-2-3;2*2-1(3,4)5;/h10-18H,19-21H2,1-9H3,(H,34,37,41)(H,35,38,42)(H,36,39,43);2*1H3;2*(H,2,3,4,5);/q;;;;;+2/p-2. The average molecular weight is 934 g/mol. The van der Waals surface area contributed by atoms with E-state index in [-0.39, 0.29) is 37.2 Å². The second-order valence-corrected chi connectivity index (χ2v) is 16.5. The molecule has 0 aliphatic heterocycles. The molecule has 3 heterocycles. The Bertz CT molecular complexity index is 1650. The largest absolute Gasteiger partial charge is 2.00 e. The predicted octanol–water partition coefficient (Wildman–Crippen LogP) is -2.43. The number of amides is 3. The molecule has 0 aliphatic rings. The number of halogens is 2. The van der Waals surface area contributed by atoms with Crippen molar-refractivity contribution in [3.05, 3.63) is 71.7 Å². The van der Waals surface area contributed by atoms with Gasteiger partial charge in [-0.05, 0) is 36.4 Å². The quantitative estimate of drug-likeness (QED) is 0.188. The molecular weight excluding hydrogens is 883 g/mol. The SMILES string of the molecule is CC#N.CC#N.CC(C)(C)C(=O)Nc1cccc(CN(Cc2cccc(NC(=O)C(C)(C)C)n2)Cc2cccc(NC(=O)C(C)(C)C)n2)n1.[O-][Cl+3]([O-])([O-])[O-].[O-][Cl+3]([O-])([O-])[O-].[Zn+2]. The van der Waals surface area contributed by atoms with Crippen molar-refractivity contribution in [3.63, 3.8) is 0 Å². The van der Waals surface area contributed by atoms with Crippen molar-refractivity contribution in [1.29, 1.82) is 10.5 Å². The molecule has 60 heavy (non-hydrogen) atoms. The first-order chi connectivity index (χ1) is 26.7. The third-order valence-corrected chi connectivity index (χ3v) is 6.35. The molecule has 3 aromatic rings. The summed E-state index contributed by atoms with van der Waals surface area (Å²) in [5.41, 5.74) is 0.592. The summed E-state index contributed by atoms with van der Waals surface area (Å²) in [5, 5.41) is 23.3. The molecule has 0 radical (unpaired) electrons. The summed E-state index contributed by atoms with van der Waals surface area (Å²) in [6.45, 7) is 20.8. The summed E-state index contributed by atoms with van der Waals surface area (Å²) in [6.07, 6.45) is 0. The minimum Gasteiger partial charge on any atom is -0.310 e. The van der Waals surface area contributed by atoms with Crippen molar-refractivity contribution in [1.82, 2.24) is 19.9 Å². The molecule has 20 nitrogen and oxygen atoms in total. The minimum atomic E-state index is -4.94. The first-order valence-electron chi connectivity index (χ1n) is 17.1. The molecule has 3 amide bonds. The number of pyridine rings is 3. The van der Waals surface area contributed by atoms with Crippen molar-refractivity contribution in [3.8, 4) is 12.1 Å². The first kappa shape index (κ1) is 60.0. The van der Waals surface area contributed by atoms with Crippen LogP contribution >= 0.6 is 0 Å². The molecule has 0 atom stereocenters. The van der Waals surface area contributed by atoms with E-state index >= 15 is 0 Å². The third-order valence-electron chi connectivity index (χ3n) is 6.35.